The van der Waals surface area contributed by atoms with Crippen LogP contribution in [0.1, 0.15) is 16.7 Å². The summed E-state index contributed by atoms with van der Waals surface area (Å²) in [6.07, 6.45) is 0.792. The lowest BCUT2D eigenvalue weighted by Crippen LogP contribution is -2.04. The molecule has 0 heterocycles. The summed E-state index contributed by atoms with van der Waals surface area (Å²) in [6, 6.07) is 11.9. The van der Waals surface area contributed by atoms with E-state index in [9.17, 15) is 0 Å². The second-order valence-electron chi connectivity index (χ2n) is 4.69. The predicted molar refractivity (Wildman–Crippen MR) is 80.2 cm³/mol. The van der Waals surface area contributed by atoms with Gasteiger partial charge in [-0.2, -0.15) is 0 Å². The topological polar surface area (TPSA) is 35.2 Å². The van der Waals surface area contributed by atoms with Gasteiger partial charge in [0.2, 0.25) is 0 Å². The molecule has 0 saturated carbocycles. The van der Waals surface area contributed by atoms with E-state index in [1.165, 1.54) is 5.56 Å². The Morgan fingerprint density at radius 2 is 1.68 bits per heavy atom. The van der Waals surface area contributed by atoms with Gasteiger partial charge in [-0.3, -0.25) is 0 Å². The van der Waals surface area contributed by atoms with Gasteiger partial charge in [0.05, 0.1) is 5.02 Å². The molecule has 100 valence electrons. The van der Waals surface area contributed by atoms with Crippen molar-refractivity contribution in [1.29, 1.82) is 0 Å². The Morgan fingerprint density at radius 1 is 1.00 bits per heavy atom. The minimum atomic E-state index is 0.599. The van der Waals surface area contributed by atoms with Crippen LogP contribution in [-0.4, -0.2) is 6.54 Å². The number of aryl methyl sites for hydroxylation is 2. The van der Waals surface area contributed by atoms with Crippen LogP contribution < -0.4 is 10.5 Å². The van der Waals surface area contributed by atoms with E-state index in [2.05, 4.69) is 13.0 Å². The van der Waals surface area contributed by atoms with Crippen molar-refractivity contribution in [3.8, 4) is 11.5 Å². The van der Waals surface area contributed by atoms with Crippen LogP contribution >= 0.6 is 11.6 Å². The average molecular weight is 276 g/mol. The summed E-state index contributed by atoms with van der Waals surface area (Å²) in [5.74, 6) is 1.51. The van der Waals surface area contributed by atoms with Gasteiger partial charge in [0.15, 0.2) is 0 Å². The van der Waals surface area contributed by atoms with Crippen LogP contribution in [0, 0.1) is 13.8 Å². The molecule has 0 spiro atoms. The van der Waals surface area contributed by atoms with Gasteiger partial charge in [0, 0.05) is 0 Å². The summed E-state index contributed by atoms with van der Waals surface area (Å²) in [6.45, 7) is 4.67. The van der Waals surface area contributed by atoms with Crippen LogP contribution in [0.4, 0.5) is 0 Å². The maximum atomic E-state index is 6.16. The maximum Gasteiger partial charge on any atom is 0.146 e. The Morgan fingerprint density at radius 3 is 2.42 bits per heavy atom. The lowest BCUT2D eigenvalue weighted by molar-refractivity contribution is 0.476. The summed E-state index contributed by atoms with van der Waals surface area (Å²) in [5, 5.41) is 0.616. The largest absolute Gasteiger partial charge is 0.456 e. The molecule has 3 heteroatoms. The fourth-order valence-corrected chi connectivity index (χ4v) is 2.12. The molecule has 2 aromatic carbocycles. The van der Waals surface area contributed by atoms with Crippen molar-refractivity contribution in [3.63, 3.8) is 0 Å². The predicted octanol–water partition coefficient (Wildman–Crippen LogP) is 4.25. The molecule has 2 N–H and O–H groups in total. The third-order valence-electron chi connectivity index (χ3n) is 2.94. The molecule has 0 atom stereocenters. The first-order valence-electron chi connectivity index (χ1n) is 6.34. The second-order valence-corrected chi connectivity index (χ2v) is 5.09. The second kappa shape index (κ2) is 6.09. The summed E-state index contributed by atoms with van der Waals surface area (Å²) < 4.78 is 5.94. The number of hydrogen-bond acceptors (Lipinski definition) is 2. The molecule has 0 fully saturated rings. The number of hydrogen-bond donors (Lipinski definition) is 1. The molecule has 0 amide bonds. The molecule has 0 bridgehead atoms. The van der Waals surface area contributed by atoms with Crippen LogP contribution in [0.5, 0.6) is 11.5 Å². The zero-order valence-electron chi connectivity index (χ0n) is 11.2. The Kier molecular flexibility index (Phi) is 4.46. The highest BCUT2D eigenvalue weighted by Gasteiger charge is 2.08. The van der Waals surface area contributed by atoms with Gasteiger partial charge in [-0.05, 0) is 56.1 Å². The van der Waals surface area contributed by atoms with Gasteiger partial charge in [-0.1, -0.05) is 35.4 Å². The van der Waals surface area contributed by atoms with Gasteiger partial charge in [0.25, 0.3) is 0 Å². The number of halogens is 1. The van der Waals surface area contributed by atoms with Crippen LogP contribution in [0.3, 0.4) is 0 Å². The van der Waals surface area contributed by atoms with E-state index < -0.39 is 0 Å². The number of ether oxygens (including phenoxy) is 1. The minimum Gasteiger partial charge on any atom is -0.456 e. The van der Waals surface area contributed by atoms with Crippen molar-refractivity contribution in [3.05, 3.63) is 58.1 Å². The van der Waals surface area contributed by atoms with E-state index in [4.69, 9.17) is 22.1 Å². The molecule has 0 aromatic heterocycles. The summed E-state index contributed by atoms with van der Waals surface area (Å²) >= 11 is 6.16. The zero-order valence-corrected chi connectivity index (χ0v) is 12.0. The zero-order chi connectivity index (χ0) is 13.8. The van der Waals surface area contributed by atoms with E-state index in [1.54, 1.807) is 0 Å². The highest BCUT2D eigenvalue weighted by molar-refractivity contribution is 6.32. The van der Waals surface area contributed by atoms with E-state index >= 15 is 0 Å². The van der Waals surface area contributed by atoms with Crippen LogP contribution in [0.25, 0.3) is 0 Å². The summed E-state index contributed by atoms with van der Waals surface area (Å²) in [7, 11) is 0. The molecule has 0 aliphatic rings. The third-order valence-corrected chi connectivity index (χ3v) is 3.25. The first-order chi connectivity index (χ1) is 9.10. The highest BCUT2D eigenvalue weighted by atomic mass is 35.5. The van der Waals surface area contributed by atoms with Crippen LogP contribution in [0.15, 0.2) is 36.4 Å². The van der Waals surface area contributed by atoms with Crippen molar-refractivity contribution in [1.82, 2.24) is 0 Å². The fourth-order valence-electron chi connectivity index (χ4n) is 1.97. The first-order valence-corrected chi connectivity index (χ1v) is 6.71. The van der Waals surface area contributed by atoms with Gasteiger partial charge in [-0.25, -0.2) is 0 Å². The first kappa shape index (κ1) is 13.9. The molecule has 2 rings (SSSR count). The average Bonchev–Trinajstić information content (AvgIpc) is 2.37. The van der Waals surface area contributed by atoms with Gasteiger partial charge in [-0.15, -0.1) is 0 Å². The van der Waals surface area contributed by atoms with Crippen molar-refractivity contribution in [2.24, 2.45) is 5.73 Å². The Bertz CT molecular complexity index is 581. The van der Waals surface area contributed by atoms with Crippen molar-refractivity contribution in [2.45, 2.75) is 20.3 Å². The van der Waals surface area contributed by atoms with Gasteiger partial charge in [0.1, 0.15) is 11.5 Å². The molecule has 2 aromatic rings. The Hall–Kier alpha value is -1.51. The standard InChI is InChI=1S/C16H18ClNO/c1-11-4-6-15(13(9-11)7-8-18)19-16-10-12(2)3-5-14(16)17/h3-6,9-10H,7-8,18H2,1-2H3. The molecule has 2 nitrogen and oxygen atoms in total. The lowest BCUT2D eigenvalue weighted by atomic mass is 10.1. The molecule has 19 heavy (non-hydrogen) atoms. The van der Waals surface area contributed by atoms with E-state index in [0.29, 0.717) is 17.3 Å². The van der Waals surface area contributed by atoms with Gasteiger partial charge >= 0.3 is 0 Å². The summed E-state index contributed by atoms with van der Waals surface area (Å²) in [5.41, 5.74) is 9.07. The fraction of sp³-hybridized carbons (Fsp3) is 0.250. The molecule has 0 aliphatic carbocycles. The van der Waals surface area contributed by atoms with Crippen molar-refractivity contribution < 1.29 is 4.74 Å². The number of nitrogens with two attached hydrogens (primary N) is 1. The molecular formula is C16H18ClNO. The van der Waals surface area contributed by atoms with Crippen LogP contribution in [0.2, 0.25) is 5.02 Å². The quantitative estimate of drug-likeness (QED) is 0.905. The minimum absolute atomic E-state index is 0.599. The lowest BCUT2D eigenvalue weighted by Gasteiger charge is -2.13. The van der Waals surface area contributed by atoms with E-state index in [0.717, 1.165) is 23.3 Å². The Labute approximate surface area is 119 Å². The Balaban J connectivity index is 2.34. The molecule has 0 aliphatic heterocycles. The van der Waals surface area contributed by atoms with E-state index in [1.807, 2.05) is 37.3 Å². The molecule has 0 radical (unpaired) electrons. The molecular weight excluding hydrogens is 258 g/mol. The van der Waals surface area contributed by atoms with Crippen LogP contribution in [-0.2, 0) is 6.42 Å². The smallest absolute Gasteiger partial charge is 0.146 e. The summed E-state index contributed by atoms with van der Waals surface area (Å²) in [4.78, 5) is 0. The van der Waals surface area contributed by atoms with Crippen molar-refractivity contribution >= 4 is 11.6 Å². The van der Waals surface area contributed by atoms with E-state index in [-0.39, 0.29) is 0 Å². The normalized spacial score (nSPS) is 10.5. The monoisotopic (exact) mass is 275 g/mol. The molecule has 0 unspecified atom stereocenters. The van der Waals surface area contributed by atoms with Gasteiger partial charge < -0.3 is 10.5 Å². The SMILES string of the molecule is Cc1ccc(Oc2cc(C)ccc2Cl)c(CCN)c1. The number of rotatable bonds is 4. The van der Waals surface area contributed by atoms with Crippen molar-refractivity contribution in [2.75, 3.05) is 6.54 Å². The highest BCUT2D eigenvalue weighted by Crippen LogP contribution is 2.32. The number of benzene rings is 2. The third kappa shape index (κ3) is 3.49. The molecule has 0 saturated heterocycles. The maximum absolute atomic E-state index is 6.16.